The minimum Gasteiger partial charge on any atom is -0.481 e. The molecule has 4 heteroatoms. The fraction of sp³-hybridized carbons (Fsp3) is 0.333. The SMILES string of the molecule is Cc1ccc(C2COC(CC(=O)O)=N2)cc1. The van der Waals surface area contributed by atoms with Crippen molar-refractivity contribution >= 4 is 11.9 Å². The molecule has 0 saturated heterocycles. The molecule has 0 fully saturated rings. The lowest BCUT2D eigenvalue weighted by atomic mass is 10.1. The summed E-state index contributed by atoms with van der Waals surface area (Å²) >= 11 is 0. The first-order valence-electron chi connectivity index (χ1n) is 5.13. The Kier molecular flexibility index (Phi) is 2.90. The van der Waals surface area contributed by atoms with E-state index in [1.165, 1.54) is 5.56 Å². The van der Waals surface area contributed by atoms with Crippen LogP contribution in [0.2, 0.25) is 0 Å². The van der Waals surface area contributed by atoms with Gasteiger partial charge in [-0.25, -0.2) is 4.99 Å². The largest absolute Gasteiger partial charge is 0.481 e. The molecule has 1 heterocycles. The van der Waals surface area contributed by atoms with Crippen LogP contribution in [-0.4, -0.2) is 23.6 Å². The fourth-order valence-electron chi connectivity index (χ4n) is 1.61. The van der Waals surface area contributed by atoms with Gasteiger partial charge in [0.15, 0.2) is 5.90 Å². The Balaban J connectivity index is 2.10. The van der Waals surface area contributed by atoms with Gasteiger partial charge >= 0.3 is 5.97 Å². The summed E-state index contributed by atoms with van der Waals surface area (Å²) in [5.74, 6) is -0.596. The van der Waals surface area contributed by atoms with Crippen LogP contribution in [0, 0.1) is 6.92 Å². The molecule has 1 N–H and O–H groups in total. The van der Waals surface area contributed by atoms with E-state index < -0.39 is 5.97 Å². The maximum Gasteiger partial charge on any atom is 0.312 e. The molecule has 1 aliphatic heterocycles. The van der Waals surface area contributed by atoms with Crippen LogP contribution in [0.25, 0.3) is 0 Å². The van der Waals surface area contributed by atoms with Crippen LogP contribution in [-0.2, 0) is 9.53 Å². The van der Waals surface area contributed by atoms with Crippen molar-refractivity contribution in [1.29, 1.82) is 0 Å². The van der Waals surface area contributed by atoms with E-state index in [4.69, 9.17) is 9.84 Å². The number of aliphatic imine (C=N–C) groups is 1. The summed E-state index contributed by atoms with van der Waals surface area (Å²) in [7, 11) is 0. The van der Waals surface area contributed by atoms with E-state index in [9.17, 15) is 4.79 Å². The molecule has 1 atom stereocenters. The van der Waals surface area contributed by atoms with Gasteiger partial charge in [0.1, 0.15) is 19.1 Å². The summed E-state index contributed by atoms with van der Waals surface area (Å²) in [6.45, 7) is 2.46. The van der Waals surface area contributed by atoms with Gasteiger partial charge in [0.05, 0.1) is 0 Å². The first kappa shape index (κ1) is 10.7. The first-order valence-corrected chi connectivity index (χ1v) is 5.13. The minimum atomic E-state index is -0.914. The van der Waals surface area contributed by atoms with E-state index in [0.29, 0.717) is 12.5 Å². The number of ether oxygens (including phenoxy) is 1. The zero-order valence-electron chi connectivity index (χ0n) is 9.01. The number of carboxylic acids is 1. The Labute approximate surface area is 93.6 Å². The molecule has 2 rings (SSSR count). The van der Waals surface area contributed by atoms with Crippen molar-refractivity contribution in [2.45, 2.75) is 19.4 Å². The van der Waals surface area contributed by atoms with E-state index >= 15 is 0 Å². The van der Waals surface area contributed by atoms with Gasteiger partial charge < -0.3 is 9.84 Å². The Hall–Kier alpha value is -1.84. The summed E-state index contributed by atoms with van der Waals surface area (Å²) in [5.41, 5.74) is 2.25. The third kappa shape index (κ3) is 2.39. The Morgan fingerprint density at radius 2 is 2.19 bits per heavy atom. The van der Waals surface area contributed by atoms with E-state index in [1.54, 1.807) is 0 Å². The number of carbonyl (C=O) groups is 1. The van der Waals surface area contributed by atoms with Gasteiger partial charge in [-0.05, 0) is 12.5 Å². The summed E-state index contributed by atoms with van der Waals surface area (Å²) in [5, 5.41) is 8.61. The lowest BCUT2D eigenvalue weighted by Gasteiger charge is -2.04. The number of nitrogens with zero attached hydrogens (tertiary/aromatic N) is 1. The van der Waals surface area contributed by atoms with Crippen LogP contribution in [0.1, 0.15) is 23.6 Å². The molecule has 0 amide bonds. The molecule has 0 spiro atoms. The number of rotatable bonds is 3. The van der Waals surface area contributed by atoms with Crippen molar-refractivity contribution in [3.63, 3.8) is 0 Å². The smallest absolute Gasteiger partial charge is 0.312 e. The minimum absolute atomic E-state index is 0.0602. The lowest BCUT2D eigenvalue weighted by Crippen LogP contribution is -2.06. The van der Waals surface area contributed by atoms with Crippen LogP contribution >= 0.6 is 0 Å². The second kappa shape index (κ2) is 4.35. The zero-order chi connectivity index (χ0) is 11.5. The van der Waals surface area contributed by atoms with Crippen molar-refractivity contribution < 1.29 is 14.6 Å². The van der Waals surface area contributed by atoms with Gasteiger partial charge in [0.2, 0.25) is 0 Å². The molecule has 1 aromatic rings. The summed E-state index contributed by atoms with van der Waals surface area (Å²) in [4.78, 5) is 14.7. The monoisotopic (exact) mass is 219 g/mol. The fourth-order valence-corrected chi connectivity index (χ4v) is 1.61. The highest BCUT2D eigenvalue weighted by Gasteiger charge is 2.21. The van der Waals surface area contributed by atoms with Crippen LogP contribution in [0.15, 0.2) is 29.3 Å². The molecule has 0 bridgehead atoms. The van der Waals surface area contributed by atoms with Crippen LogP contribution in [0.5, 0.6) is 0 Å². The van der Waals surface area contributed by atoms with Crippen molar-refractivity contribution in [3.05, 3.63) is 35.4 Å². The van der Waals surface area contributed by atoms with E-state index in [1.807, 2.05) is 31.2 Å². The molecule has 1 aliphatic rings. The number of carboxylic acid groups (broad SMARTS) is 1. The Morgan fingerprint density at radius 3 is 2.81 bits per heavy atom. The first-order chi connectivity index (χ1) is 7.65. The molecular formula is C12H13NO3. The maximum atomic E-state index is 10.5. The highest BCUT2D eigenvalue weighted by Crippen LogP contribution is 2.23. The third-order valence-electron chi connectivity index (χ3n) is 2.47. The number of hydrogen-bond acceptors (Lipinski definition) is 3. The highest BCUT2D eigenvalue weighted by atomic mass is 16.5. The number of benzene rings is 1. The number of hydrogen-bond donors (Lipinski definition) is 1. The molecule has 0 saturated carbocycles. The summed E-state index contributed by atoms with van der Waals surface area (Å²) in [6.07, 6.45) is -0.137. The molecule has 84 valence electrons. The zero-order valence-corrected chi connectivity index (χ0v) is 9.01. The molecule has 4 nitrogen and oxygen atoms in total. The van der Waals surface area contributed by atoms with Gasteiger partial charge in [-0.15, -0.1) is 0 Å². The maximum absolute atomic E-state index is 10.5. The standard InChI is InChI=1S/C12H13NO3/c1-8-2-4-9(5-3-8)10-7-16-11(13-10)6-12(14)15/h2-5,10H,6-7H2,1H3,(H,14,15). The quantitative estimate of drug-likeness (QED) is 0.845. The molecule has 16 heavy (non-hydrogen) atoms. The molecule has 1 unspecified atom stereocenters. The van der Waals surface area contributed by atoms with Crippen molar-refractivity contribution in [3.8, 4) is 0 Å². The van der Waals surface area contributed by atoms with Crippen LogP contribution in [0.3, 0.4) is 0 Å². The topological polar surface area (TPSA) is 58.9 Å². The summed E-state index contributed by atoms with van der Waals surface area (Å²) < 4.78 is 5.23. The second-order valence-electron chi connectivity index (χ2n) is 3.83. The highest BCUT2D eigenvalue weighted by molar-refractivity contribution is 5.94. The van der Waals surface area contributed by atoms with E-state index in [2.05, 4.69) is 4.99 Å². The number of aryl methyl sites for hydroxylation is 1. The summed E-state index contributed by atoms with van der Waals surface area (Å²) in [6, 6.07) is 7.96. The van der Waals surface area contributed by atoms with Gasteiger partial charge in [-0.2, -0.15) is 0 Å². The van der Waals surface area contributed by atoms with Gasteiger partial charge in [0.25, 0.3) is 0 Å². The normalized spacial score (nSPS) is 19.1. The van der Waals surface area contributed by atoms with Crippen LogP contribution in [0.4, 0.5) is 0 Å². The molecule has 0 aliphatic carbocycles. The van der Waals surface area contributed by atoms with Gasteiger partial charge in [0, 0.05) is 0 Å². The Morgan fingerprint density at radius 1 is 1.50 bits per heavy atom. The molecule has 0 radical (unpaired) electrons. The average Bonchev–Trinajstić information content (AvgIpc) is 2.66. The van der Waals surface area contributed by atoms with E-state index in [-0.39, 0.29) is 12.5 Å². The van der Waals surface area contributed by atoms with Crippen molar-refractivity contribution in [2.24, 2.45) is 4.99 Å². The third-order valence-corrected chi connectivity index (χ3v) is 2.47. The Bertz CT molecular complexity index is 422. The van der Waals surface area contributed by atoms with Gasteiger partial charge in [-0.1, -0.05) is 29.8 Å². The predicted octanol–water partition coefficient (Wildman–Crippen LogP) is 1.94. The van der Waals surface area contributed by atoms with Crippen LogP contribution < -0.4 is 0 Å². The average molecular weight is 219 g/mol. The second-order valence-corrected chi connectivity index (χ2v) is 3.83. The van der Waals surface area contributed by atoms with Gasteiger partial charge in [-0.3, -0.25) is 4.79 Å². The van der Waals surface area contributed by atoms with Crippen molar-refractivity contribution in [1.82, 2.24) is 0 Å². The number of aliphatic carboxylic acids is 1. The lowest BCUT2D eigenvalue weighted by molar-refractivity contribution is -0.135. The van der Waals surface area contributed by atoms with Crippen molar-refractivity contribution in [2.75, 3.05) is 6.61 Å². The molecule has 0 aromatic heterocycles. The molecular weight excluding hydrogens is 206 g/mol. The molecule has 1 aromatic carbocycles. The predicted molar refractivity (Wildman–Crippen MR) is 59.6 cm³/mol. The van der Waals surface area contributed by atoms with E-state index in [0.717, 1.165) is 5.56 Å².